The molecule has 0 aliphatic rings. The van der Waals surface area contributed by atoms with Crippen LogP contribution in [-0.4, -0.2) is 25.1 Å². The summed E-state index contributed by atoms with van der Waals surface area (Å²) in [6, 6.07) is 0. The number of nitrogens with one attached hydrogen (secondary N) is 1. The lowest BCUT2D eigenvalue weighted by atomic mass is 10.3. The maximum Gasteiger partial charge on any atom is 0.197 e. The van der Waals surface area contributed by atoms with E-state index in [1.54, 1.807) is 6.20 Å². The minimum Gasteiger partial charge on any atom is -0.257 e. The number of nitrogens with zero attached hydrogens (tertiary/aromatic N) is 4. The van der Waals surface area contributed by atoms with E-state index < -0.39 is 0 Å². The van der Waals surface area contributed by atoms with Crippen molar-refractivity contribution in [1.82, 2.24) is 25.1 Å². The molecular formula is C8H8BrN5. The lowest BCUT2D eigenvalue weighted by Crippen LogP contribution is -1.97. The quantitative estimate of drug-likeness (QED) is 0.824. The Balaban J connectivity index is 2.46. The van der Waals surface area contributed by atoms with Gasteiger partial charge < -0.3 is 0 Å². The molecule has 0 atom stereocenters. The van der Waals surface area contributed by atoms with E-state index in [0.717, 1.165) is 11.3 Å². The van der Waals surface area contributed by atoms with Gasteiger partial charge in [0.1, 0.15) is 6.33 Å². The standard InChI is InChI=1S/C8H8BrN5/c1-5-3-10-7(13-6(5)2-9)8-11-4-12-14-8/h3-4H,2H2,1H3,(H,11,12,14). The minimum atomic E-state index is 0.572. The van der Waals surface area contributed by atoms with Gasteiger partial charge in [0.25, 0.3) is 0 Å². The monoisotopic (exact) mass is 253 g/mol. The molecule has 2 heterocycles. The third kappa shape index (κ3) is 1.65. The van der Waals surface area contributed by atoms with Gasteiger partial charge in [0, 0.05) is 11.5 Å². The van der Waals surface area contributed by atoms with Crippen LogP contribution in [0, 0.1) is 6.92 Å². The van der Waals surface area contributed by atoms with Crippen LogP contribution >= 0.6 is 15.9 Å². The van der Waals surface area contributed by atoms with Crippen molar-refractivity contribution < 1.29 is 0 Å². The normalized spacial score (nSPS) is 10.4. The van der Waals surface area contributed by atoms with Crippen LogP contribution in [0.5, 0.6) is 0 Å². The summed E-state index contributed by atoms with van der Waals surface area (Å²) >= 11 is 3.37. The van der Waals surface area contributed by atoms with E-state index in [1.165, 1.54) is 6.33 Å². The predicted octanol–water partition coefficient (Wildman–Crippen LogP) is 1.47. The molecule has 14 heavy (non-hydrogen) atoms. The van der Waals surface area contributed by atoms with Crippen LogP contribution in [0.25, 0.3) is 11.6 Å². The van der Waals surface area contributed by atoms with Crippen LogP contribution in [-0.2, 0) is 5.33 Å². The van der Waals surface area contributed by atoms with Crippen LogP contribution < -0.4 is 0 Å². The van der Waals surface area contributed by atoms with Gasteiger partial charge in [0.05, 0.1) is 5.69 Å². The van der Waals surface area contributed by atoms with Crippen molar-refractivity contribution in [3.63, 3.8) is 0 Å². The average molecular weight is 254 g/mol. The Bertz CT molecular complexity index is 425. The second-order valence-corrected chi connectivity index (χ2v) is 3.35. The van der Waals surface area contributed by atoms with Crippen molar-refractivity contribution in [2.24, 2.45) is 0 Å². The molecule has 72 valence electrons. The lowest BCUT2D eigenvalue weighted by Gasteiger charge is -2.01. The molecule has 0 saturated heterocycles. The first kappa shape index (κ1) is 9.26. The van der Waals surface area contributed by atoms with Gasteiger partial charge in [-0.1, -0.05) is 15.9 Å². The van der Waals surface area contributed by atoms with Gasteiger partial charge in [-0.25, -0.2) is 15.0 Å². The highest BCUT2D eigenvalue weighted by molar-refractivity contribution is 9.08. The Morgan fingerprint density at radius 1 is 1.43 bits per heavy atom. The smallest absolute Gasteiger partial charge is 0.197 e. The Morgan fingerprint density at radius 2 is 2.29 bits per heavy atom. The summed E-state index contributed by atoms with van der Waals surface area (Å²) in [4.78, 5) is 12.5. The highest BCUT2D eigenvalue weighted by Crippen LogP contribution is 2.12. The fraction of sp³-hybridized carbons (Fsp3) is 0.250. The topological polar surface area (TPSA) is 67.3 Å². The highest BCUT2D eigenvalue weighted by atomic mass is 79.9. The first-order valence-corrected chi connectivity index (χ1v) is 5.17. The molecule has 0 spiro atoms. The average Bonchev–Trinajstić information content (AvgIpc) is 2.71. The van der Waals surface area contributed by atoms with Crippen LogP contribution in [0.4, 0.5) is 0 Å². The summed E-state index contributed by atoms with van der Waals surface area (Å²) in [6.45, 7) is 1.97. The number of aromatic nitrogens is 5. The van der Waals surface area contributed by atoms with Crippen molar-refractivity contribution in [2.75, 3.05) is 0 Å². The molecular weight excluding hydrogens is 246 g/mol. The van der Waals surface area contributed by atoms with Gasteiger partial charge in [-0.3, -0.25) is 5.10 Å². The fourth-order valence-corrected chi connectivity index (χ4v) is 1.61. The molecule has 0 unspecified atom stereocenters. The largest absolute Gasteiger partial charge is 0.257 e. The molecule has 1 N–H and O–H groups in total. The van der Waals surface area contributed by atoms with Crippen LogP contribution in [0.15, 0.2) is 12.5 Å². The third-order valence-corrected chi connectivity index (χ3v) is 2.36. The van der Waals surface area contributed by atoms with E-state index in [-0.39, 0.29) is 0 Å². The van der Waals surface area contributed by atoms with Crippen molar-refractivity contribution in [3.8, 4) is 11.6 Å². The molecule has 0 fully saturated rings. The Morgan fingerprint density at radius 3 is 2.93 bits per heavy atom. The number of alkyl halides is 1. The summed E-state index contributed by atoms with van der Waals surface area (Å²) < 4.78 is 0. The van der Waals surface area contributed by atoms with Crippen molar-refractivity contribution in [3.05, 3.63) is 23.8 Å². The van der Waals surface area contributed by atoms with Gasteiger partial charge >= 0.3 is 0 Å². The number of rotatable bonds is 2. The molecule has 2 rings (SSSR count). The van der Waals surface area contributed by atoms with E-state index >= 15 is 0 Å². The molecule has 0 bridgehead atoms. The Labute approximate surface area is 89.1 Å². The number of hydrogen-bond acceptors (Lipinski definition) is 4. The summed E-state index contributed by atoms with van der Waals surface area (Å²) in [5.41, 5.74) is 2.02. The first-order valence-electron chi connectivity index (χ1n) is 4.05. The van der Waals surface area contributed by atoms with Gasteiger partial charge in [-0.15, -0.1) is 0 Å². The zero-order chi connectivity index (χ0) is 9.97. The van der Waals surface area contributed by atoms with Gasteiger partial charge in [-0.05, 0) is 12.5 Å². The molecule has 5 nitrogen and oxygen atoms in total. The molecule has 6 heteroatoms. The van der Waals surface area contributed by atoms with E-state index in [9.17, 15) is 0 Å². The molecule has 0 amide bonds. The molecule has 0 aliphatic heterocycles. The van der Waals surface area contributed by atoms with E-state index in [0.29, 0.717) is 17.0 Å². The zero-order valence-corrected chi connectivity index (χ0v) is 9.11. The Kier molecular flexibility index (Phi) is 2.53. The maximum atomic E-state index is 4.34. The second kappa shape index (κ2) is 3.83. The Hall–Kier alpha value is -1.30. The summed E-state index contributed by atoms with van der Waals surface area (Å²) in [5, 5.41) is 7.18. The van der Waals surface area contributed by atoms with Crippen LogP contribution in [0.1, 0.15) is 11.3 Å². The van der Waals surface area contributed by atoms with Crippen molar-refractivity contribution in [1.29, 1.82) is 0 Å². The molecule has 0 aromatic carbocycles. The number of aryl methyl sites for hydroxylation is 1. The third-order valence-electron chi connectivity index (χ3n) is 1.83. The lowest BCUT2D eigenvalue weighted by molar-refractivity contribution is 1.02. The summed E-state index contributed by atoms with van der Waals surface area (Å²) in [7, 11) is 0. The minimum absolute atomic E-state index is 0.572. The molecule has 2 aromatic heterocycles. The molecule has 0 radical (unpaired) electrons. The fourth-order valence-electron chi connectivity index (χ4n) is 1.04. The van der Waals surface area contributed by atoms with E-state index in [1.807, 2.05) is 6.92 Å². The predicted molar refractivity (Wildman–Crippen MR) is 54.8 cm³/mol. The number of H-pyrrole nitrogens is 1. The van der Waals surface area contributed by atoms with Crippen LogP contribution in [0.3, 0.4) is 0 Å². The van der Waals surface area contributed by atoms with Gasteiger partial charge in [-0.2, -0.15) is 5.10 Å². The maximum absolute atomic E-state index is 4.34. The summed E-state index contributed by atoms with van der Waals surface area (Å²) in [6.07, 6.45) is 3.22. The number of halogens is 1. The van der Waals surface area contributed by atoms with Gasteiger partial charge in [0.15, 0.2) is 11.6 Å². The summed E-state index contributed by atoms with van der Waals surface area (Å²) in [5.74, 6) is 1.16. The first-order chi connectivity index (χ1) is 6.81. The molecule has 0 saturated carbocycles. The molecule has 2 aromatic rings. The molecule has 0 aliphatic carbocycles. The number of aromatic amines is 1. The number of hydrogen-bond donors (Lipinski definition) is 1. The van der Waals surface area contributed by atoms with Crippen LogP contribution in [0.2, 0.25) is 0 Å². The van der Waals surface area contributed by atoms with Crippen molar-refractivity contribution >= 4 is 15.9 Å². The highest BCUT2D eigenvalue weighted by Gasteiger charge is 2.06. The van der Waals surface area contributed by atoms with E-state index in [2.05, 4.69) is 41.1 Å². The van der Waals surface area contributed by atoms with Gasteiger partial charge in [0.2, 0.25) is 0 Å². The SMILES string of the molecule is Cc1cnc(-c2ncn[nH]2)nc1CBr. The second-order valence-electron chi connectivity index (χ2n) is 2.79. The zero-order valence-electron chi connectivity index (χ0n) is 7.53. The van der Waals surface area contributed by atoms with E-state index in [4.69, 9.17) is 0 Å². The van der Waals surface area contributed by atoms with Crippen molar-refractivity contribution in [2.45, 2.75) is 12.3 Å².